The summed E-state index contributed by atoms with van der Waals surface area (Å²) in [5.74, 6) is 0. The molecular weight excluding hydrogens is 198 g/mol. The van der Waals surface area contributed by atoms with Crippen molar-refractivity contribution in [3.63, 3.8) is 0 Å². The normalized spacial score (nSPS) is 12.4. The largest absolute Gasteiger partial charge is 0.382 e. The molecule has 1 atom stereocenters. The van der Waals surface area contributed by atoms with Gasteiger partial charge in [0.2, 0.25) is 0 Å². The zero-order chi connectivity index (χ0) is 11.5. The summed E-state index contributed by atoms with van der Waals surface area (Å²) >= 11 is 0. The van der Waals surface area contributed by atoms with E-state index in [9.17, 15) is 5.11 Å². The summed E-state index contributed by atoms with van der Waals surface area (Å²) in [7, 11) is 0. The van der Waals surface area contributed by atoms with Crippen LogP contribution < -0.4 is 0 Å². The first-order valence-electron chi connectivity index (χ1n) is 5.34. The monoisotopic (exact) mass is 213 g/mol. The van der Waals surface area contributed by atoms with Crippen molar-refractivity contribution < 1.29 is 5.11 Å². The number of pyridine rings is 1. The molecule has 0 aliphatic heterocycles. The van der Waals surface area contributed by atoms with Gasteiger partial charge in [0.05, 0.1) is 5.69 Å². The van der Waals surface area contributed by atoms with Gasteiger partial charge in [-0.05, 0) is 31.0 Å². The van der Waals surface area contributed by atoms with E-state index < -0.39 is 6.10 Å². The smallest absolute Gasteiger partial charge is 0.121 e. The molecule has 2 nitrogen and oxygen atoms in total. The van der Waals surface area contributed by atoms with Gasteiger partial charge in [0.15, 0.2) is 0 Å². The van der Waals surface area contributed by atoms with Gasteiger partial charge in [0.1, 0.15) is 6.10 Å². The van der Waals surface area contributed by atoms with Crippen LogP contribution in [0.15, 0.2) is 42.6 Å². The Morgan fingerprint density at radius 2 is 1.56 bits per heavy atom. The van der Waals surface area contributed by atoms with E-state index in [1.807, 2.05) is 50.2 Å². The summed E-state index contributed by atoms with van der Waals surface area (Å²) in [6.07, 6.45) is 1.13. The standard InChI is InChI=1S/C14H15NO/c1-10-3-6-12(7-4-10)14(16)13-8-5-11(2)9-15-13/h3-9,14,16H,1-2H3. The summed E-state index contributed by atoms with van der Waals surface area (Å²) in [4.78, 5) is 4.23. The van der Waals surface area contributed by atoms with Crippen LogP contribution in [0.5, 0.6) is 0 Å². The Morgan fingerprint density at radius 3 is 2.12 bits per heavy atom. The van der Waals surface area contributed by atoms with Gasteiger partial charge >= 0.3 is 0 Å². The second-order valence-corrected chi connectivity index (χ2v) is 4.07. The van der Waals surface area contributed by atoms with E-state index in [0.717, 1.165) is 11.1 Å². The predicted octanol–water partition coefficient (Wildman–Crippen LogP) is 2.78. The highest BCUT2D eigenvalue weighted by molar-refractivity contribution is 5.29. The summed E-state index contributed by atoms with van der Waals surface area (Å²) in [6, 6.07) is 11.7. The third-order valence-electron chi connectivity index (χ3n) is 2.61. The van der Waals surface area contributed by atoms with Gasteiger partial charge in [-0.1, -0.05) is 35.9 Å². The van der Waals surface area contributed by atoms with Crippen LogP contribution in [0.1, 0.15) is 28.5 Å². The molecule has 1 aromatic heterocycles. The van der Waals surface area contributed by atoms with Gasteiger partial charge in [-0.15, -0.1) is 0 Å². The molecule has 0 aliphatic rings. The summed E-state index contributed by atoms with van der Waals surface area (Å²) < 4.78 is 0. The minimum atomic E-state index is -0.638. The Hall–Kier alpha value is -1.67. The number of hydrogen-bond donors (Lipinski definition) is 1. The lowest BCUT2D eigenvalue weighted by Crippen LogP contribution is -2.02. The van der Waals surface area contributed by atoms with Gasteiger partial charge in [0, 0.05) is 6.20 Å². The van der Waals surface area contributed by atoms with Crippen molar-refractivity contribution in [1.82, 2.24) is 4.98 Å². The molecule has 82 valence electrons. The summed E-state index contributed by atoms with van der Waals surface area (Å²) in [5, 5.41) is 10.1. The maximum Gasteiger partial charge on any atom is 0.121 e. The van der Waals surface area contributed by atoms with Crippen molar-refractivity contribution in [1.29, 1.82) is 0 Å². The van der Waals surface area contributed by atoms with Crippen molar-refractivity contribution in [3.8, 4) is 0 Å². The zero-order valence-electron chi connectivity index (χ0n) is 9.51. The minimum absolute atomic E-state index is 0.638. The van der Waals surface area contributed by atoms with E-state index in [-0.39, 0.29) is 0 Å². The molecule has 0 radical (unpaired) electrons. The summed E-state index contributed by atoms with van der Waals surface area (Å²) in [5.41, 5.74) is 3.85. The number of aryl methyl sites for hydroxylation is 2. The topological polar surface area (TPSA) is 33.1 Å². The van der Waals surface area contributed by atoms with Crippen molar-refractivity contribution in [2.75, 3.05) is 0 Å². The lowest BCUT2D eigenvalue weighted by Gasteiger charge is -2.10. The van der Waals surface area contributed by atoms with E-state index in [0.29, 0.717) is 5.69 Å². The molecule has 0 bridgehead atoms. The number of rotatable bonds is 2. The average molecular weight is 213 g/mol. The quantitative estimate of drug-likeness (QED) is 0.832. The van der Waals surface area contributed by atoms with Gasteiger partial charge in [0.25, 0.3) is 0 Å². The third kappa shape index (κ3) is 2.28. The average Bonchev–Trinajstić information content (AvgIpc) is 2.30. The van der Waals surface area contributed by atoms with E-state index in [1.165, 1.54) is 5.56 Å². The minimum Gasteiger partial charge on any atom is -0.382 e. The molecule has 1 unspecified atom stereocenters. The van der Waals surface area contributed by atoms with Crippen molar-refractivity contribution >= 4 is 0 Å². The number of aliphatic hydroxyl groups excluding tert-OH is 1. The highest BCUT2D eigenvalue weighted by Gasteiger charge is 2.10. The van der Waals surface area contributed by atoms with Crippen molar-refractivity contribution in [3.05, 3.63) is 65.0 Å². The lowest BCUT2D eigenvalue weighted by atomic mass is 10.0. The Bertz CT molecular complexity index is 414. The molecule has 0 amide bonds. The molecule has 0 saturated heterocycles. The zero-order valence-corrected chi connectivity index (χ0v) is 9.51. The van der Waals surface area contributed by atoms with E-state index >= 15 is 0 Å². The summed E-state index contributed by atoms with van der Waals surface area (Å²) in [6.45, 7) is 4.01. The Morgan fingerprint density at radius 1 is 0.938 bits per heavy atom. The van der Waals surface area contributed by atoms with E-state index in [2.05, 4.69) is 4.98 Å². The van der Waals surface area contributed by atoms with Crippen molar-refractivity contribution in [2.24, 2.45) is 0 Å². The van der Waals surface area contributed by atoms with E-state index in [4.69, 9.17) is 0 Å². The van der Waals surface area contributed by atoms with Gasteiger partial charge < -0.3 is 5.11 Å². The lowest BCUT2D eigenvalue weighted by molar-refractivity contribution is 0.215. The predicted molar refractivity (Wildman–Crippen MR) is 64.2 cm³/mol. The molecule has 1 aromatic carbocycles. The molecule has 2 rings (SSSR count). The second-order valence-electron chi connectivity index (χ2n) is 4.07. The van der Waals surface area contributed by atoms with Crippen LogP contribution >= 0.6 is 0 Å². The molecule has 0 aliphatic carbocycles. The van der Waals surface area contributed by atoms with Crippen LogP contribution in [0.2, 0.25) is 0 Å². The van der Waals surface area contributed by atoms with Crippen LogP contribution in [0, 0.1) is 13.8 Å². The van der Waals surface area contributed by atoms with Crippen LogP contribution in [-0.4, -0.2) is 10.1 Å². The van der Waals surface area contributed by atoms with Gasteiger partial charge in [-0.3, -0.25) is 4.98 Å². The fourth-order valence-electron chi connectivity index (χ4n) is 1.56. The van der Waals surface area contributed by atoms with Gasteiger partial charge in [-0.25, -0.2) is 0 Å². The molecule has 1 heterocycles. The second kappa shape index (κ2) is 4.45. The first kappa shape index (κ1) is 10.8. The number of aromatic nitrogens is 1. The maximum absolute atomic E-state index is 10.1. The number of nitrogens with zero attached hydrogens (tertiary/aromatic N) is 1. The van der Waals surface area contributed by atoms with Gasteiger partial charge in [-0.2, -0.15) is 0 Å². The first-order chi connectivity index (χ1) is 7.66. The van der Waals surface area contributed by atoms with Crippen LogP contribution in [-0.2, 0) is 0 Å². The van der Waals surface area contributed by atoms with Crippen molar-refractivity contribution in [2.45, 2.75) is 20.0 Å². The molecule has 0 spiro atoms. The van der Waals surface area contributed by atoms with E-state index in [1.54, 1.807) is 6.20 Å². The first-order valence-corrected chi connectivity index (χ1v) is 5.34. The number of hydrogen-bond acceptors (Lipinski definition) is 2. The third-order valence-corrected chi connectivity index (χ3v) is 2.61. The molecule has 16 heavy (non-hydrogen) atoms. The Labute approximate surface area is 95.6 Å². The molecule has 1 N–H and O–H groups in total. The molecule has 2 heteroatoms. The number of aliphatic hydroxyl groups is 1. The molecular formula is C14H15NO. The molecule has 0 fully saturated rings. The SMILES string of the molecule is Cc1ccc(C(O)c2ccc(C)cn2)cc1. The van der Waals surface area contributed by atoms with Crippen LogP contribution in [0.3, 0.4) is 0 Å². The Kier molecular flexibility index (Phi) is 3.02. The fraction of sp³-hybridized carbons (Fsp3) is 0.214. The van der Waals surface area contributed by atoms with Crippen LogP contribution in [0.25, 0.3) is 0 Å². The number of benzene rings is 1. The highest BCUT2D eigenvalue weighted by Crippen LogP contribution is 2.20. The fourth-order valence-corrected chi connectivity index (χ4v) is 1.56. The Balaban J connectivity index is 2.28. The maximum atomic E-state index is 10.1. The van der Waals surface area contributed by atoms with Crippen LogP contribution in [0.4, 0.5) is 0 Å². The molecule has 2 aromatic rings. The molecule has 0 saturated carbocycles. The highest BCUT2D eigenvalue weighted by atomic mass is 16.3.